The second-order valence-electron chi connectivity index (χ2n) is 6.28. The molecule has 1 heterocycles. The summed E-state index contributed by atoms with van der Waals surface area (Å²) in [5.41, 5.74) is 1.07. The van der Waals surface area contributed by atoms with E-state index in [1.807, 2.05) is 0 Å². The summed E-state index contributed by atoms with van der Waals surface area (Å²) in [7, 11) is 4.37. The fourth-order valence-corrected chi connectivity index (χ4v) is 2.98. The van der Waals surface area contributed by atoms with Gasteiger partial charge in [-0.2, -0.15) is 0 Å². The van der Waals surface area contributed by atoms with E-state index in [1.54, 1.807) is 43.5 Å². The van der Waals surface area contributed by atoms with Gasteiger partial charge in [0.25, 0.3) is 5.91 Å². The Bertz CT molecular complexity index is 862. The van der Waals surface area contributed by atoms with E-state index in [0.717, 1.165) is 5.56 Å². The standard InChI is InChI=1S/C21H23NO7/c1-25-15-6-4-13(5-7-15)16(12-19(23)27-3)22-21(24)14-10-17(26-2)20-18(11-14)28-8-9-29-20/h4-7,10-11,16H,8-9,12H2,1-3H3,(H,22,24)/t16-/m0/s1. The molecule has 3 rings (SSSR count). The normalized spacial score (nSPS) is 13.2. The molecule has 0 aliphatic carbocycles. The summed E-state index contributed by atoms with van der Waals surface area (Å²) in [6.07, 6.45) is -0.0176. The number of fused-ring (bicyclic) bond motifs is 1. The predicted molar refractivity (Wildman–Crippen MR) is 104 cm³/mol. The highest BCUT2D eigenvalue weighted by atomic mass is 16.6. The van der Waals surface area contributed by atoms with Gasteiger partial charge in [-0.05, 0) is 29.8 Å². The summed E-state index contributed by atoms with van der Waals surface area (Å²) < 4.78 is 26.4. The summed E-state index contributed by atoms with van der Waals surface area (Å²) in [4.78, 5) is 24.8. The van der Waals surface area contributed by atoms with Gasteiger partial charge in [0.15, 0.2) is 11.5 Å². The molecule has 0 aromatic heterocycles. The zero-order valence-corrected chi connectivity index (χ0v) is 16.5. The van der Waals surface area contributed by atoms with Gasteiger partial charge in [0.05, 0.1) is 33.8 Å². The molecule has 8 heteroatoms. The molecule has 0 saturated carbocycles. The number of benzene rings is 2. The predicted octanol–water partition coefficient (Wildman–Crippen LogP) is 2.51. The number of hydrogen-bond acceptors (Lipinski definition) is 7. The van der Waals surface area contributed by atoms with Gasteiger partial charge in [-0.1, -0.05) is 12.1 Å². The maximum Gasteiger partial charge on any atom is 0.307 e. The van der Waals surface area contributed by atoms with Crippen molar-refractivity contribution in [3.63, 3.8) is 0 Å². The van der Waals surface area contributed by atoms with E-state index in [1.165, 1.54) is 14.2 Å². The van der Waals surface area contributed by atoms with Crippen LogP contribution in [0.4, 0.5) is 0 Å². The first-order chi connectivity index (χ1) is 14.0. The number of carbonyl (C=O) groups excluding carboxylic acids is 2. The maximum absolute atomic E-state index is 12.9. The van der Waals surface area contributed by atoms with Crippen molar-refractivity contribution in [2.24, 2.45) is 0 Å². The first-order valence-corrected chi connectivity index (χ1v) is 9.05. The molecule has 29 heavy (non-hydrogen) atoms. The Morgan fingerprint density at radius 1 is 1.03 bits per heavy atom. The number of esters is 1. The molecule has 0 unspecified atom stereocenters. The van der Waals surface area contributed by atoms with E-state index in [4.69, 9.17) is 23.7 Å². The zero-order valence-electron chi connectivity index (χ0n) is 16.5. The van der Waals surface area contributed by atoms with Crippen molar-refractivity contribution in [2.75, 3.05) is 34.5 Å². The molecular weight excluding hydrogens is 378 g/mol. The Labute approximate surface area is 168 Å². The van der Waals surface area contributed by atoms with E-state index in [2.05, 4.69) is 5.32 Å². The van der Waals surface area contributed by atoms with E-state index in [9.17, 15) is 9.59 Å². The van der Waals surface area contributed by atoms with Crippen LogP contribution >= 0.6 is 0 Å². The third-order valence-corrected chi connectivity index (χ3v) is 4.51. The highest BCUT2D eigenvalue weighted by molar-refractivity contribution is 5.96. The quantitative estimate of drug-likeness (QED) is 0.713. The van der Waals surface area contributed by atoms with Crippen molar-refractivity contribution in [2.45, 2.75) is 12.5 Å². The van der Waals surface area contributed by atoms with Crippen LogP contribution in [-0.2, 0) is 9.53 Å². The van der Waals surface area contributed by atoms with Crippen LogP contribution in [0.2, 0.25) is 0 Å². The number of methoxy groups -OCH3 is 3. The molecule has 0 fully saturated rings. The Kier molecular flexibility index (Phi) is 6.43. The first kappa shape index (κ1) is 20.3. The van der Waals surface area contributed by atoms with E-state index in [0.29, 0.717) is 41.8 Å². The van der Waals surface area contributed by atoms with Crippen LogP contribution in [0.25, 0.3) is 0 Å². The molecule has 2 aromatic rings. The van der Waals surface area contributed by atoms with E-state index >= 15 is 0 Å². The molecule has 1 aliphatic rings. The number of carbonyl (C=O) groups is 2. The fourth-order valence-electron chi connectivity index (χ4n) is 2.98. The third kappa shape index (κ3) is 4.71. The monoisotopic (exact) mass is 401 g/mol. The van der Waals surface area contributed by atoms with Crippen molar-refractivity contribution in [3.05, 3.63) is 47.5 Å². The Morgan fingerprint density at radius 3 is 2.41 bits per heavy atom. The largest absolute Gasteiger partial charge is 0.497 e. The average molecular weight is 401 g/mol. The van der Waals surface area contributed by atoms with Gasteiger partial charge >= 0.3 is 5.97 Å². The topological polar surface area (TPSA) is 92.3 Å². The lowest BCUT2D eigenvalue weighted by Crippen LogP contribution is -2.30. The van der Waals surface area contributed by atoms with Crippen LogP contribution in [0.5, 0.6) is 23.0 Å². The molecular formula is C21H23NO7. The Morgan fingerprint density at radius 2 is 1.76 bits per heavy atom. The van der Waals surface area contributed by atoms with Crippen LogP contribution in [0.3, 0.4) is 0 Å². The summed E-state index contributed by atoms with van der Waals surface area (Å²) in [5, 5.41) is 2.88. The maximum atomic E-state index is 12.9. The van der Waals surface area contributed by atoms with Gasteiger partial charge in [-0.3, -0.25) is 9.59 Å². The van der Waals surface area contributed by atoms with Crippen LogP contribution in [0.15, 0.2) is 36.4 Å². The molecule has 0 saturated heterocycles. The number of nitrogens with one attached hydrogen (secondary N) is 1. The van der Waals surface area contributed by atoms with Crippen LogP contribution in [0, 0.1) is 0 Å². The molecule has 0 radical (unpaired) electrons. The van der Waals surface area contributed by atoms with E-state index < -0.39 is 12.0 Å². The highest BCUT2D eigenvalue weighted by Gasteiger charge is 2.24. The minimum Gasteiger partial charge on any atom is -0.497 e. The molecule has 1 N–H and O–H groups in total. The smallest absolute Gasteiger partial charge is 0.307 e. The fraction of sp³-hybridized carbons (Fsp3) is 0.333. The Balaban J connectivity index is 1.86. The summed E-state index contributed by atoms with van der Waals surface area (Å²) >= 11 is 0. The molecule has 2 aromatic carbocycles. The summed E-state index contributed by atoms with van der Waals surface area (Å²) in [6, 6.07) is 9.69. The Hall–Kier alpha value is -3.42. The minimum atomic E-state index is -0.583. The second kappa shape index (κ2) is 9.18. The lowest BCUT2D eigenvalue weighted by Gasteiger charge is -2.22. The first-order valence-electron chi connectivity index (χ1n) is 9.05. The van der Waals surface area contributed by atoms with Crippen LogP contribution in [-0.4, -0.2) is 46.4 Å². The lowest BCUT2D eigenvalue weighted by molar-refractivity contribution is -0.141. The number of rotatable bonds is 7. The van der Waals surface area contributed by atoms with Crippen LogP contribution in [0.1, 0.15) is 28.4 Å². The van der Waals surface area contributed by atoms with Crippen molar-refractivity contribution < 1.29 is 33.3 Å². The number of ether oxygens (including phenoxy) is 5. The van der Waals surface area contributed by atoms with Gasteiger partial charge in [-0.15, -0.1) is 0 Å². The van der Waals surface area contributed by atoms with Gasteiger partial charge in [0.1, 0.15) is 19.0 Å². The molecule has 8 nitrogen and oxygen atoms in total. The van der Waals surface area contributed by atoms with Crippen LogP contribution < -0.4 is 24.3 Å². The lowest BCUT2D eigenvalue weighted by atomic mass is 10.0. The number of hydrogen-bond donors (Lipinski definition) is 1. The average Bonchev–Trinajstić information content (AvgIpc) is 2.77. The van der Waals surface area contributed by atoms with Gasteiger partial charge in [0, 0.05) is 5.56 Å². The molecule has 0 spiro atoms. The minimum absolute atomic E-state index is 0.0176. The third-order valence-electron chi connectivity index (χ3n) is 4.51. The molecule has 1 atom stereocenters. The van der Waals surface area contributed by atoms with Crippen molar-refractivity contribution in [1.82, 2.24) is 5.32 Å². The number of amides is 1. The van der Waals surface area contributed by atoms with Crippen molar-refractivity contribution in [1.29, 1.82) is 0 Å². The second-order valence-corrected chi connectivity index (χ2v) is 6.28. The van der Waals surface area contributed by atoms with Crippen molar-refractivity contribution >= 4 is 11.9 Å². The zero-order chi connectivity index (χ0) is 20.8. The molecule has 1 amide bonds. The summed E-state index contributed by atoms with van der Waals surface area (Å²) in [5.74, 6) is 1.16. The molecule has 1 aliphatic heterocycles. The SMILES string of the molecule is COC(=O)C[C@H](NC(=O)c1cc(OC)c2c(c1)OCCO2)c1ccc(OC)cc1. The van der Waals surface area contributed by atoms with Crippen molar-refractivity contribution in [3.8, 4) is 23.0 Å². The highest BCUT2D eigenvalue weighted by Crippen LogP contribution is 2.40. The molecule has 154 valence electrons. The summed E-state index contributed by atoms with van der Waals surface area (Å²) in [6.45, 7) is 0.797. The molecule has 0 bridgehead atoms. The van der Waals surface area contributed by atoms with Gasteiger partial charge in [-0.25, -0.2) is 0 Å². The van der Waals surface area contributed by atoms with E-state index in [-0.39, 0.29) is 12.3 Å². The van der Waals surface area contributed by atoms with Gasteiger partial charge in [0.2, 0.25) is 5.75 Å². The van der Waals surface area contributed by atoms with Gasteiger partial charge < -0.3 is 29.0 Å².